The van der Waals surface area contributed by atoms with E-state index < -0.39 is 0 Å². The van der Waals surface area contributed by atoms with Gasteiger partial charge in [-0.05, 0) is 19.8 Å². The maximum atomic E-state index is 8.82. The third kappa shape index (κ3) is 3.12. The van der Waals surface area contributed by atoms with Crippen LogP contribution in [0.2, 0.25) is 0 Å². The van der Waals surface area contributed by atoms with Gasteiger partial charge < -0.3 is 15.4 Å². The molecule has 0 bridgehead atoms. The minimum atomic E-state index is 0.241. The van der Waals surface area contributed by atoms with E-state index in [1.54, 1.807) is 6.33 Å². The Kier molecular flexibility index (Phi) is 4.62. The van der Waals surface area contributed by atoms with Gasteiger partial charge in [0.25, 0.3) is 0 Å². The number of imidazole rings is 1. The molecule has 1 heterocycles. The number of aromatic nitrogens is 2. The molecular formula is C10H19N3O. The van der Waals surface area contributed by atoms with Crippen LogP contribution >= 0.6 is 0 Å². The van der Waals surface area contributed by atoms with Gasteiger partial charge in [0.2, 0.25) is 0 Å². The molecule has 14 heavy (non-hydrogen) atoms. The normalized spacial score (nSPS) is 13.1. The third-order valence-electron chi connectivity index (χ3n) is 2.46. The summed E-state index contributed by atoms with van der Waals surface area (Å²) in [4.78, 5) is 7.24. The Morgan fingerprint density at radius 2 is 2.43 bits per heavy atom. The number of aryl methyl sites for hydroxylation is 1. The molecule has 1 rings (SSSR count). The Labute approximate surface area is 84.8 Å². The van der Waals surface area contributed by atoms with Gasteiger partial charge in [-0.3, -0.25) is 0 Å². The topological polar surface area (TPSA) is 60.9 Å². The van der Waals surface area contributed by atoms with Gasteiger partial charge in [-0.25, -0.2) is 4.98 Å². The molecule has 0 aliphatic rings. The molecule has 0 aliphatic heterocycles. The fourth-order valence-corrected chi connectivity index (χ4v) is 1.41. The van der Waals surface area contributed by atoms with E-state index >= 15 is 0 Å². The minimum absolute atomic E-state index is 0.241. The fraction of sp³-hybridized carbons (Fsp3) is 0.700. The number of rotatable bonds is 6. The molecule has 1 aromatic rings. The van der Waals surface area contributed by atoms with Gasteiger partial charge in [0.1, 0.15) is 0 Å². The van der Waals surface area contributed by atoms with Crippen LogP contribution in [0.5, 0.6) is 0 Å². The summed E-state index contributed by atoms with van der Waals surface area (Å²) in [7, 11) is 0. The lowest BCUT2D eigenvalue weighted by atomic mass is 10.1. The highest BCUT2D eigenvalue weighted by Crippen LogP contribution is 2.02. The predicted molar refractivity (Wildman–Crippen MR) is 55.9 cm³/mol. The molecule has 4 nitrogen and oxygen atoms in total. The van der Waals surface area contributed by atoms with E-state index in [2.05, 4.69) is 22.2 Å². The second-order valence-electron chi connectivity index (χ2n) is 3.47. The lowest BCUT2D eigenvalue weighted by molar-refractivity contribution is 0.261. The van der Waals surface area contributed by atoms with Crippen molar-refractivity contribution in [3.63, 3.8) is 0 Å². The first-order chi connectivity index (χ1) is 6.77. The van der Waals surface area contributed by atoms with E-state index in [9.17, 15) is 0 Å². The van der Waals surface area contributed by atoms with Gasteiger partial charge in [0.05, 0.1) is 12.0 Å². The van der Waals surface area contributed by atoms with Crippen LogP contribution in [0.25, 0.3) is 0 Å². The van der Waals surface area contributed by atoms with Crippen LogP contribution in [0, 0.1) is 6.92 Å². The maximum Gasteiger partial charge on any atom is 0.0925 e. The van der Waals surface area contributed by atoms with Crippen molar-refractivity contribution < 1.29 is 5.11 Å². The summed E-state index contributed by atoms with van der Waals surface area (Å²) in [5.41, 5.74) is 2.16. The molecule has 0 saturated carbocycles. The van der Waals surface area contributed by atoms with Crippen molar-refractivity contribution in [1.82, 2.24) is 15.3 Å². The quantitative estimate of drug-likeness (QED) is 0.637. The number of nitrogens with one attached hydrogen (secondary N) is 2. The molecule has 0 spiro atoms. The second-order valence-corrected chi connectivity index (χ2v) is 3.47. The molecule has 0 radical (unpaired) electrons. The Bertz CT molecular complexity index is 260. The van der Waals surface area contributed by atoms with Crippen LogP contribution in [0.3, 0.4) is 0 Å². The average Bonchev–Trinajstić information content (AvgIpc) is 2.59. The van der Waals surface area contributed by atoms with E-state index in [1.807, 2.05) is 6.92 Å². The highest BCUT2D eigenvalue weighted by atomic mass is 16.3. The Morgan fingerprint density at radius 1 is 1.64 bits per heavy atom. The van der Waals surface area contributed by atoms with E-state index in [-0.39, 0.29) is 6.61 Å². The van der Waals surface area contributed by atoms with Gasteiger partial charge in [-0.15, -0.1) is 0 Å². The monoisotopic (exact) mass is 197 g/mol. The van der Waals surface area contributed by atoms with Crippen LogP contribution in [0.1, 0.15) is 31.2 Å². The average molecular weight is 197 g/mol. The standard InChI is InChI=1S/C10H19N3O/c1-3-9(4-5-14)11-6-10-8(2)12-7-13-10/h7,9,11,14H,3-6H2,1-2H3,(H,12,13). The first-order valence-electron chi connectivity index (χ1n) is 5.11. The third-order valence-corrected chi connectivity index (χ3v) is 2.46. The lowest BCUT2D eigenvalue weighted by Gasteiger charge is -2.14. The van der Waals surface area contributed by atoms with Gasteiger partial charge >= 0.3 is 0 Å². The van der Waals surface area contributed by atoms with Crippen molar-refractivity contribution in [3.8, 4) is 0 Å². The first kappa shape index (κ1) is 11.2. The van der Waals surface area contributed by atoms with Crippen molar-refractivity contribution in [2.24, 2.45) is 0 Å². The zero-order chi connectivity index (χ0) is 10.4. The minimum Gasteiger partial charge on any atom is -0.396 e. The summed E-state index contributed by atoms with van der Waals surface area (Å²) >= 11 is 0. The molecule has 4 heteroatoms. The smallest absolute Gasteiger partial charge is 0.0925 e. The molecular weight excluding hydrogens is 178 g/mol. The predicted octanol–water partition coefficient (Wildman–Crippen LogP) is 0.969. The highest BCUT2D eigenvalue weighted by Gasteiger charge is 2.06. The molecule has 1 unspecified atom stereocenters. The largest absolute Gasteiger partial charge is 0.396 e. The zero-order valence-corrected chi connectivity index (χ0v) is 8.88. The number of aromatic amines is 1. The van der Waals surface area contributed by atoms with Crippen LogP contribution < -0.4 is 5.32 Å². The summed E-state index contributed by atoms with van der Waals surface area (Å²) < 4.78 is 0. The van der Waals surface area contributed by atoms with Crippen molar-refractivity contribution in [2.75, 3.05) is 6.61 Å². The summed E-state index contributed by atoms with van der Waals surface area (Å²) in [6.07, 6.45) is 3.54. The van der Waals surface area contributed by atoms with Crippen molar-refractivity contribution >= 4 is 0 Å². The SMILES string of the molecule is CCC(CCO)NCc1nc[nH]c1C. The molecule has 0 fully saturated rings. The Morgan fingerprint density at radius 3 is 2.93 bits per heavy atom. The number of hydrogen-bond acceptors (Lipinski definition) is 3. The van der Waals surface area contributed by atoms with Crippen LogP contribution in [0.15, 0.2) is 6.33 Å². The summed E-state index contributed by atoms with van der Waals surface area (Å²) in [5.74, 6) is 0. The van der Waals surface area contributed by atoms with E-state index in [0.717, 1.165) is 30.8 Å². The van der Waals surface area contributed by atoms with Crippen LogP contribution in [-0.2, 0) is 6.54 Å². The van der Waals surface area contributed by atoms with Gasteiger partial charge in [0.15, 0.2) is 0 Å². The number of nitrogens with zero attached hydrogens (tertiary/aromatic N) is 1. The van der Waals surface area contributed by atoms with Crippen molar-refractivity contribution in [1.29, 1.82) is 0 Å². The first-order valence-corrected chi connectivity index (χ1v) is 5.11. The fourth-order valence-electron chi connectivity index (χ4n) is 1.41. The Hall–Kier alpha value is -0.870. The van der Waals surface area contributed by atoms with Gasteiger partial charge in [-0.1, -0.05) is 6.92 Å². The van der Waals surface area contributed by atoms with Crippen LogP contribution in [0.4, 0.5) is 0 Å². The highest BCUT2D eigenvalue weighted by molar-refractivity contribution is 5.08. The Balaban J connectivity index is 2.35. The number of hydrogen-bond donors (Lipinski definition) is 3. The van der Waals surface area contributed by atoms with Gasteiger partial charge in [0, 0.05) is 24.9 Å². The molecule has 1 atom stereocenters. The summed E-state index contributed by atoms with van der Waals surface area (Å²) in [6.45, 7) is 5.14. The number of H-pyrrole nitrogens is 1. The maximum absolute atomic E-state index is 8.82. The van der Waals surface area contributed by atoms with Gasteiger partial charge in [-0.2, -0.15) is 0 Å². The van der Waals surface area contributed by atoms with Crippen molar-refractivity contribution in [3.05, 3.63) is 17.7 Å². The zero-order valence-electron chi connectivity index (χ0n) is 8.88. The van der Waals surface area contributed by atoms with Crippen molar-refractivity contribution in [2.45, 2.75) is 39.3 Å². The number of aliphatic hydroxyl groups excluding tert-OH is 1. The molecule has 0 aliphatic carbocycles. The molecule has 0 amide bonds. The molecule has 0 aromatic carbocycles. The van der Waals surface area contributed by atoms with Crippen LogP contribution in [-0.4, -0.2) is 27.7 Å². The second kappa shape index (κ2) is 5.78. The summed E-state index contributed by atoms with van der Waals surface area (Å²) in [6, 6.07) is 0.385. The summed E-state index contributed by atoms with van der Waals surface area (Å²) in [5, 5.41) is 12.2. The van der Waals surface area contributed by atoms with E-state index in [0.29, 0.717) is 6.04 Å². The lowest BCUT2D eigenvalue weighted by Crippen LogP contribution is -2.29. The molecule has 1 aromatic heterocycles. The number of aliphatic hydroxyl groups is 1. The molecule has 0 saturated heterocycles. The molecule has 80 valence electrons. The van der Waals surface area contributed by atoms with E-state index in [1.165, 1.54) is 0 Å². The molecule has 3 N–H and O–H groups in total. The van der Waals surface area contributed by atoms with E-state index in [4.69, 9.17) is 5.11 Å².